The minimum absolute atomic E-state index is 0.0492. The molecule has 8 aromatic rings. The fourth-order valence-electron chi connectivity index (χ4n) is 7.91. The van der Waals surface area contributed by atoms with Gasteiger partial charge in [-0.1, -0.05) is 111 Å². The number of benzene rings is 6. The predicted octanol–water partition coefficient (Wildman–Crippen LogP) is 10.2. The first-order valence-corrected chi connectivity index (χ1v) is 15.6. The van der Waals surface area contributed by atoms with E-state index in [0.717, 1.165) is 27.9 Å². The van der Waals surface area contributed by atoms with Crippen molar-refractivity contribution in [1.82, 2.24) is 9.88 Å². The Morgan fingerprint density at radius 2 is 1.36 bits per heavy atom. The van der Waals surface area contributed by atoms with Gasteiger partial charge >= 0.3 is 0 Å². The van der Waals surface area contributed by atoms with Gasteiger partial charge in [0, 0.05) is 27.1 Å². The molecular formula is C41H29N3O. The van der Waals surface area contributed by atoms with Crippen LogP contribution in [0.1, 0.15) is 42.3 Å². The van der Waals surface area contributed by atoms with Crippen molar-refractivity contribution in [2.45, 2.75) is 25.4 Å². The topological polar surface area (TPSA) is 42.5 Å². The molecule has 0 bridgehead atoms. The summed E-state index contributed by atoms with van der Waals surface area (Å²) in [6, 6.07) is 45.8. The number of fused-ring (bicyclic) bond motifs is 10. The molecule has 45 heavy (non-hydrogen) atoms. The van der Waals surface area contributed by atoms with Gasteiger partial charge in [0.15, 0.2) is 0 Å². The minimum atomic E-state index is -0.239. The van der Waals surface area contributed by atoms with Crippen molar-refractivity contribution in [1.29, 1.82) is 0 Å². The van der Waals surface area contributed by atoms with Crippen LogP contribution in [0.3, 0.4) is 0 Å². The van der Waals surface area contributed by atoms with E-state index in [0.29, 0.717) is 5.88 Å². The number of nitrogens with zero attached hydrogens (tertiary/aromatic N) is 2. The maximum absolute atomic E-state index is 6.51. The molecule has 1 atom stereocenters. The van der Waals surface area contributed by atoms with E-state index in [1.54, 1.807) is 0 Å². The standard InChI is InChI=1S/C41H29N3O/c1-41(2)32-16-8-5-13-27(32)30-22-26(19-20-33(30)41)38-42-39(37-29-15-7-10-18-36(29)45-40(37)43-38)44-34-17-9-6-14-28(34)31-21-24-11-3-4-12-25(24)23-35(31)44/h3-23,39H,1-2H3,(H,42,43). The highest BCUT2D eigenvalue weighted by Gasteiger charge is 2.36. The molecule has 10 rings (SSSR count). The molecule has 2 aliphatic rings. The third-order valence-electron chi connectivity index (χ3n) is 10.1. The summed E-state index contributed by atoms with van der Waals surface area (Å²) in [6.45, 7) is 4.63. The van der Waals surface area contributed by atoms with Crippen LogP contribution in [0.4, 0.5) is 5.88 Å². The van der Waals surface area contributed by atoms with Crippen LogP contribution in [-0.4, -0.2) is 10.4 Å². The van der Waals surface area contributed by atoms with Crippen LogP contribution in [0.15, 0.2) is 137 Å². The average Bonchev–Trinajstić information content (AvgIpc) is 3.69. The summed E-state index contributed by atoms with van der Waals surface area (Å²) in [6.07, 6.45) is -0.239. The summed E-state index contributed by atoms with van der Waals surface area (Å²) in [7, 11) is 0. The molecule has 1 aliphatic heterocycles. The highest BCUT2D eigenvalue weighted by atomic mass is 16.3. The lowest BCUT2D eigenvalue weighted by Crippen LogP contribution is -2.36. The third-order valence-corrected chi connectivity index (χ3v) is 10.1. The molecule has 0 spiro atoms. The lowest BCUT2D eigenvalue weighted by Gasteiger charge is -2.28. The van der Waals surface area contributed by atoms with E-state index < -0.39 is 0 Å². The van der Waals surface area contributed by atoms with Gasteiger partial charge in [-0.25, -0.2) is 0 Å². The first kappa shape index (κ1) is 24.8. The van der Waals surface area contributed by atoms with Gasteiger partial charge in [0.2, 0.25) is 5.88 Å². The number of aromatic nitrogens is 1. The third kappa shape index (κ3) is 3.34. The fourth-order valence-corrected chi connectivity index (χ4v) is 7.91. The fraction of sp³-hybridized carbons (Fsp3) is 0.0976. The Bertz CT molecular complexity index is 2560. The summed E-state index contributed by atoms with van der Waals surface area (Å²) in [5.41, 5.74) is 10.5. The molecular weight excluding hydrogens is 550 g/mol. The Morgan fingerprint density at radius 3 is 2.24 bits per heavy atom. The first-order chi connectivity index (χ1) is 22.1. The Morgan fingerprint density at radius 1 is 0.644 bits per heavy atom. The van der Waals surface area contributed by atoms with Gasteiger partial charge in [0.05, 0.1) is 16.6 Å². The second kappa shape index (κ2) is 8.73. The lowest BCUT2D eigenvalue weighted by molar-refractivity contribution is 0.549. The number of furan rings is 1. The Labute approximate surface area is 260 Å². The van der Waals surface area contributed by atoms with Crippen molar-refractivity contribution in [3.05, 3.63) is 150 Å². The zero-order chi connectivity index (χ0) is 29.9. The number of amidine groups is 1. The van der Waals surface area contributed by atoms with Crippen LogP contribution in [-0.2, 0) is 5.41 Å². The van der Waals surface area contributed by atoms with Crippen LogP contribution in [0.2, 0.25) is 0 Å². The van der Waals surface area contributed by atoms with Crippen molar-refractivity contribution < 1.29 is 4.42 Å². The molecule has 1 aliphatic carbocycles. The molecule has 0 saturated heterocycles. The van der Waals surface area contributed by atoms with E-state index in [1.807, 2.05) is 12.1 Å². The van der Waals surface area contributed by atoms with Gasteiger partial charge in [-0.2, -0.15) is 4.99 Å². The van der Waals surface area contributed by atoms with Crippen LogP contribution >= 0.6 is 0 Å². The van der Waals surface area contributed by atoms with Crippen LogP contribution in [0.25, 0.3) is 54.7 Å². The van der Waals surface area contributed by atoms with Gasteiger partial charge in [0.1, 0.15) is 17.6 Å². The van der Waals surface area contributed by atoms with Gasteiger partial charge in [-0.3, -0.25) is 0 Å². The van der Waals surface area contributed by atoms with Crippen LogP contribution in [0.5, 0.6) is 0 Å². The maximum atomic E-state index is 6.51. The number of rotatable bonds is 2. The molecule has 0 radical (unpaired) electrons. The van der Waals surface area contributed by atoms with E-state index in [9.17, 15) is 0 Å². The summed E-state index contributed by atoms with van der Waals surface area (Å²) in [5, 5.41) is 9.93. The maximum Gasteiger partial charge on any atom is 0.229 e. The lowest BCUT2D eigenvalue weighted by atomic mass is 9.82. The van der Waals surface area contributed by atoms with Crippen LogP contribution < -0.4 is 5.32 Å². The van der Waals surface area contributed by atoms with E-state index in [2.05, 4.69) is 139 Å². The van der Waals surface area contributed by atoms with Gasteiger partial charge in [0.25, 0.3) is 0 Å². The molecule has 0 saturated carbocycles. The monoisotopic (exact) mass is 579 g/mol. The van der Waals surface area contributed by atoms with Crippen molar-refractivity contribution in [3.63, 3.8) is 0 Å². The number of hydrogen-bond acceptors (Lipinski definition) is 3. The summed E-state index contributed by atoms with van der Waals surface area (Å²) in [4.78, 5) is 5.17. The molecule has 214 valence electrons. The van der Waals surface area contributed by atoms with Crippen molar-refractivity contribution in [2.75, 3.05) is 0 Å². The summed E-state index contributed by atoms with van der Waals surface area (Å²) in [5.74, 6) is 1.46. The predicted molar refractivity (Wildman–Crippen MR) is 185 cm³/mol. The quantitative estimate of drug-likeness (QED) is 0.221. The molecule has 4 nitrogen and oxygen atoms in total. The average molecular weight is 580 g/mol. The van der Waals surface area contributed by atoms with E-state index in [4.69, 9.17) is 9.41 Å². The molecule has 1 unspecified atom stereocenters. The highest BCUT2D eigenvalue weighted by Crippen LogP contribution is 2.49. The molecule has 2 aromatic heterocycles. The molecule has 6 aromatic carbocycles. The minimum Gasteiger partial charge on any atom is -0.438 e. The number of aliphatic imine (C=N–C) groups is 1. The van der Waals surface area contributed by atoms with Crippen molar-refractivity contribution in [2.24, 2.45) is 4.99 Å². The number of hydrogen-bond donors (Lipinski definition) is 1. The van der Waals surface area contributed by atoms with Gasteiger partial charge in [-0.15, -0.1) is 0 Å². The molecule has 4 heteroatoms. The second-order valence-corrected chi connectivity index (χ2v) is 12.9. The van der Waals surface area contributed by atoms with Crippen LogP contribution in [0, 0.1) is 0 Å². The number of para-hydroxylation sites is 2. The van der Waals surface area contributed by atoms with E-state index in [-0.39, 0.29) is 11.6 Å². The largest absolute Gasteiger partial charge is 0.438 e. The van der Waals surface area contributed by atoms with E-state index >= 15 is 0 Å². The summed E-state index contributed by atoms with van der Waals surface area (Å²) < 4.78 is 8.95. The Kier molecular flexibility index (Phi) is 4.81. The van der Waals surface area contributed by atoms with Crippen molar-refractivity contribution in [3.8, 4) is 11.1 Å². The molecule has 3 heterocycles. The molecule has 1 N–H and O–H groups in total. The second-order valence-electron chi connectivity index (χ2n) is 12.9. The van der Waals surface area contributed by atoms with E-state index in [1.165, 1.54) is 54.8 Å². The molecule has 0 amide bonds. The van der Waals surface area contributed by atoms with Gasteiger partial charge < -0.3 is 14.3 Å². The Hall–Kier alpha value is -5.61. The van der Waals surface area contributed by atoms with Gasteiger partial charge in [-0.05, 0) is 63.4 Å². The smallest absolute Gasteiger partial charge is 0.229 e. The molecule has 0 fully saturated rings. The zero-order valence-corrected chi connectivity index (χ0v) is 25.0. The summed E-state index contributed by atoms with van der Waals surface area (Å²) >= 11 is 0. The van der Waals surface area contributed by atoms with Crippen molar-refractivity contribution >= 4 is 55.3 Å². The number of nitrogens with one attached hydrogen (secondary N) is 1. The highest BCUT2D eigenvalue weighted by molar-refractivity contribution is 6.13. The normalized spacial score (nSPS) is 16.5. The SMILES string of the molecule is CC1(C)c2ccccc2-c2cc(C3=Nc4oc5ccccc5c4C(n4c5ccccc5c5cc6ccccc6cc54)N3)ccc21. The Balaban J connectivity index is 1.23. The first-order valence-electron chi connectivity index (χ1n) is 15.6. The zero-order valence-electron chi connectivity index (χ0n) is 25.0.